The summed E-state index contributed by atoms with van der Waals surface area (Å²) in [6, 6.07) is 4.13. The average molecular weight is 186 g/mol. The van der Waals surface area contributed by atoms with E-state index in [0.717, 1.165) is 18.7 Å². The Labute approximate surface area is 76.9 Å². The molecule has 1 fully saturated rings. The topological polar surface area (TPSA) is 25.2 Å². The number of halogens is 1. The van der Waals surface area contributed by atoms with E-state index in [1.165, 1.54) is 12.8 Å². The third kappa shape index (κ3) is 1.65. The van der Waals surface area contributed by atoms with E-state index in [2.05, 4.69) is 5.32 Å². The van der Waals surface area contributed by atoms with Crippen molar-refractivity contribution in [3.05, 3.63) is 23.1 Å². The van der Waals surface area contributed by atoms with Crippen molar-refractivity contribution in [3.63, 3.8) is 0 Å². The molecule has 0 amide bonds. The van der Waals surface area contributed by atoms with Crippen LogP contribution in [0.15, 0.2) is 16.5 Å². The Kier molecular flexibility index (Phi) is 2.38. The molecule has 1 saturated heterocycles. The monoisotopic (exact) mass is 185 g/mol. The second-order valence-electron chi connectivity index (χ2n) is 3.14. The number of hydrogen-bond acceptors (Lipinski definition) is 2. The molecule has 0 aliphatic carbocycles. The summed E-state index contributed by atoms with van der Waals surface area (Å²) in [6.45, 7) is 1.09. The Hall–Kier alpha value is -0.470. The predicted molar refractivity (Wildman–Crippen MR) is 48.3 cm³/mol. The first kappa shape index (κ1) is 8.14. The molecule has 2 nitrogen and oxygen atoms in total. The van der Waals surface area contributed by atoms with Crippen molar-refractivity contribution in [2.24, 2.45) is 0 Å². The van der Waals surface area contributed by atoms with Gasteiger partial charge >= 0.3 is 0 Å². The normalized spacial score (nSPS) is 24.2. The van der Waals surface area contributed by atoms with Crippen LogP contribution in [-0.4, -0.2) is 6.54 Å². The highest BCUT2D eigenvalue weighted by molar-refractivity contribution is 6.28. The van der Waals surface area contributed by atoms with Crippen LogP contribution in [-0.2, 0) is 0 Å². The molecule has 1 aromatic heterocycles. The summed E-state index contributed by atoms with van der Waals surface area (Å²) in [4.78, 5) is 0. The zero-order valence-electron chi connectivity index (χ0n) is 6.85. The summed E-state index contributed by atoms with van der Waals surface area (Å²) in [7, 11) is 0. The summed E-state index contributed by atoms with van der Waals surface area (Å²) in [6.07, 6.45) is 3.70. The summed E-state index contributed by atoms with van der Waals surface area (Å²) < 4.78 is 5.33. The van der Waals surface area contributed by atoms with Gasteiger partial charge in [-0.1, -0.05) is 6.42 Å². The number of nitrogens with one attached hydrogen (secondary N) is 1. The van der Waals surface area contributed by atoms with Crippen LogP contribution in [0.5, 0.6) is 0 Å². The maximum atomic E-state index is 5.69. The maximum Gasteiger partial charge on any atom is 0.193 e. The summed E-state index contributed by atoms with van der Waals surface area (Å²) in [5.74, 6) is 0.972. The highest BCUT2D eigenvalue weighted by atomic mass is 35.5. The van der Waals surface area contributed by atoms with E-state index in [9.17, 15) is 0 Å². The van der Waals surface area contributed by atoms with Crippen LogP contribution in [0.2, 0.25) is 5.22 Å². The van der Waals surface area contributed by atoms with Gasteiger partial charge in [0, 0.05) is 0 Å². The zero-order chi connectivity index (χ0) is 8.39. The predicted octanol–water partition coefficient (Wildman–Crippen LogP) is 2.75. The van der Waals surface area contributed by atoms with Crippen molar-refractivity contribution in [2.75, 3.05) is 6.54 Å². The summed E-state index contributed by atoms with van der Waals surface area (Å²) in [5, 5.41) is 3.88. The fraction of sp³-hybridized carbons (Fsp3) is 0.556. The van der Waals surface area contributed by atoms with Crippen molar-refractivity contribution < 1.29 is 4.42 Å². The molecular formula is C9H12ClNO. The van der Waals surface area contributed by atoms with E-state index in [-0.39, 0.29) is 0 Å². The smallest absolute Gasteiger partial charge is 0.193 e. The number of rotatable bonds is 1. The molecule has 0 saturated carbocycles. The van der Waals surface area contributed by atoms with Crippen molar-refractivity contribution in [1.29, 1.82) is 0 Å². The van der Waals surface area contributed by atoms with Crippen LogP contribution in [0.1, 0.15) is 31.1 Å². The Bertz CT molecular complexity index is 253. The first-order valence-electron chi connectivity index (χ1n) is 4.35. The molecule has 1 atom stereocenters. The Morgan fingerprint density at radius 3 is 2.92 bits per heavy atom. The van der Waals surface area contributed by atoms with Gasteiger partial charge in [-0.2, -0.15) is 0 Å². The van der Waals surface area contributed by atoms with Gasteiger partial charge in [0.25, 0.3) is 0 Å². The van der Waals surface area contributed by atoms with Crippen LogP contribution < -0.4 is 5.32 Å². The number of piperidine rings is 1. The van der Waals surface area contributed by atoms with Crippen molar-refractivity contribution in [1.82, 2.24) is 5.32 Å². The summed E-state index contributed by atoms with van der Waals surface area (Å²) >= 11 is 5.69. The highest BCUT2D eigenvalue weighted by Gasteiger charge is 2.17. The van der Waals surface area contributed by atoms with Crippen molar-refractivity contribution >= 4 is 11.6 Å². The molecule has 0 radical (unpaired) electrons. The molecule has 0 bridgehead atoms. The lowest BCUT2D eigenvalue weighted by atomic mass is 10.0. The quantitative estimate of drug-likeness (QED) is 0.728. The fourth-order valence-electron chi connectivity index (χ4n) is 1.61. The Morgan fingerprint density at radius 1 is 1.42 bits per heavy atom. The fourth-order valence-corrected chi connectivity index (χ4v) is 1.76. The van der Waals surface area contributed by atoms with Crippen LogP contribution in [0.4, 0.5) is 0 Å². The molecule has 2 rings (SSSR count). The van der Waals surface area contributed by atoms with Gasteiger partial charge in [-0.25, -0.2) is 0 Å². The third-order valence-corrected chi connectivity index (χ3v) is 2.45. The van der Waals surface area contributed by atoms with Crippen molar-refractivity contribution in [3.8, 4) is 0 Å². The molecule has 0 spiro atoms. The molecule has 0 unspecified atom stereocenters. The second kappa shape index (κ2) is 3.50. The van der Waals surface area contributed by atoms with E-state index in [1.54, 1.807) is 6.07 Å². The molecular weight excluding hydrogens is 174 g/mol. The molecule has 1 aromatic rings. The molecule has 1 aliphatic heterocycles. The van der Waals surface area contributed by atoms with E-state index in [4.69, 9.17) is 16.0 Å². The lowest BCUT2D eigenvalue weighted by molar-refractivity contribution is 0.350. The molecule has 2 heterocycles. The SMILES string of the molecule is Clc1ccc([C@@H]2CCCCN2)o1. The first-order chi connectivity index (χ1) is 5.86. The zero-order valence-corrected chi connectivity index (χ0v) is 7.60. The van der Waals surface area contributed by atoms with Gasteiger partial charge in [0.2, 0.25) is 0 Å². The Balaban J connectivity index is 2.08. The molecule has 12 heavy (non-hydrogen) atoms. The lowest BCUT2D eigenvalue weighted by Crippen LogP contribution is -2.26. The van der Waals surface area contributed by atoms with E-state index < -0.39 is 0 Å². The summed E-state index contributed by atoms with van der Waals surface area (Å²) in [5.41, 5.74) is 0. The number of furan rings is 1. The third-order valence-electron chi connectivity index (χ3n) is 2.25. The molecule has 1 aliphatic rings. The molecule has 66 valence electrons. The molecule has 1 N–H and O–H groups in total. The molecule has 3 heteroatoms. The standard InChI is InChI=1S/C9H12ClNO/c10-9-5-4-8(12-9)7-3-1-2-6-11-7/h4-5,7,11H,1-3,6H2/t7-/m0/s1. The van der Waals surface area contributed by atoms with E-state index in [0.29, 0.717) is 11.3 Å². The maximum absolute atomic E-state index is 5.69. The van der Waals surface area contributed by atoms with Crippen LogP contribution in [0.3, 0.4) is 0 Å². The van der Waals surface area contributed by atoms with Crippen LogP contribution in [0.25, 0.3) is 0 Å². The Morgan fingerprint density at radius 2 is 2.33 bits per heavy atom. The van der Waals surface area contributed by atoms with Crippen LogP contribution in [0, 0.1) is 0 Å². The minimum atomic E-state index is 0.381. The van der Waals surface area contributed by atoms with Gasteiger partial charge in [-0.05, 0) is 43.1 Å². The van der Waals surface area contributed by atoms with Gasteiger partial charge in [0.15, 0.2) is 5.22 Å². The first-order valence-corrected chi connectivity index (χ1v) is 4.73. The van der Waals surface area contributed by atoms with Gasteiger partial charge in [-0.3, -0.25) is 0 Å². The van der Waals surface area contributed by atoms with Crippen LogP contribution >= 0.6 is 11.6 Å². The largest absolute Gasteiger partial charge is 0.448 e. The van der Waals surface area contributed by atoms with E-state index in [1.807, 2.05) is 6.07 Å². The van der Waals surface area contributed by atoms with Crippen molar-refractivity contribution in [2.45, 2.75) is 25.3 Å². The second-order valence-corrected chi connectivity index (χ2v) is 3.52. The highest BCUT2D eigenvalue weighted by Crippen LogP contribution is 2.25. The average Bonchev–Trinajstić information content (AvgIpc) is 2.54. The lowest BCUT2D eigenvalue weighted by Gasteiger charge is -2.21. The van der Waals surface area contributed by atoms with Gasteiger partial charge < -0.3 is 9.73 Å². The van der Waals surface area contributed by atoms with Gasteiger partial charge in [-0.15, -0.1) is 0 Å². The van der Waals surface area contributed by atoms with Gasteiger partial charge in [0.05, 0.1) is 6.04 Å². The minimum Gasteiger partial charge on any atom is -0.448 e. The van der Waals surface area contributed by atoms with E-state index >= 15 is 0 Å². The van der Waals surface area contributed by atoms with Gasteiger partial charge in [0.1, 0.15) is 5.76 Å². The molecule has 0 aromatic carbocycles. The minimum absolute atomic E-state index is 0.381. The number of hydrogen-bond donors (Lipinski definition) is 1.